The fraction of sp³-hybridized carbons (Fsp3) is 0.400. The molecule has 0 amide bonds. The van der Waals surface area contributed by atoms with Crippen LogP contribution in [0, 0.1) is 0 Å². The fourth-order valence-electron chi connectivity index (χ4n) is 2.88. The zero-order valence-electron chi connectivity index (χ0n) is 21.2. The van der Waals surface area contributed by atoms with Gasteiger partial charge in [0.1, 0.15) is 17.2 Å². The number of unbranched alkanes of at least 4 members (excludes halogenated alkanes) is 9. The van der Waals surface area contributed by atoms with Gasteiger partial charge in [-0.25, -0.2) is 0 Å². The van der Waals surface area contributed by atoms with Crippen molar-refractivity contribution < 1.29 is 42.1 Å². The number of aliphatic hydroxyl groups is 1. The second kappa shape index (κ2) is 28.0. The minimum Gasteiger partial charge on any atom is -0.508 e. The first kappa shape index (κ1) is 34.9. The monoisotopic (exact) mass is 516 g/mol. The van der Waals surface area contributed by atoms with Crippen LogP contribution in [0.25, 0.3) is 0 Å². The van der Waals surface area contributed by atoms with Gasteiger partial charge in [0, 0.05) is 28.3 Å². The van der Waals surface area contributed by atoms with E-state index < -0.39 is 0 Å². The molecule has 0 spiro atoms. The largest absolute Gasteiger partial charge is 0.508 e. The van der Waals surface area contributed by atoms with Crippen molar-refractivity contribution in [3.8, 4) is 17.2 Å². The standard InChI is InChI=1S/C12H26O.3C6H6O.Ti/c1-2-3-4-5-6-7-8-9-10-11-12-13;3*7-6-4-2-1-3-5-6;/h13H,2-12H2,1H3;3*1-5,7H;. The number of hydrogen-bond donors (Lipinski definition) is 4. The topological polar surface area (TPSA) is 80.9 Å². The SMILES string of the molecule is CCCCCCCCCCCCO.Oc1ccccc1.Oc1ccccc1.Oc1ccccc1.[Ti]. The number of benzene rings is 3. The molecule has 0 radical (unpaired) electrons. The van der Waals surface area contributed by atoms with Gasteiger partial charge < -0.3 is 20.4 Å². The van der Waals surface area contributed by atoms with Gasteiger partial charge in [0.05, 0.1) is 0 Å². The number of hydrogen-bond acceptors (Lipinski definition) is 4. The van der Waals surface area contributed by atoms with Crippen molar-refractivity contribution in [1.82, 2.24) is 0 Å². The maximum absolute atomic E-state index is 8.63. The van der Waals surface area contributed by atoms with Gasteiger partial charge in [-0.05, 0) is 42.8 Å². The van der Waals surface area contributed by atoms with E-state index in [1.807, 2.05) is 18.2 Å². The molecule has 0 fully saturated rings. The third-order valence-corrected chi connectivity index (χ3v) is 4.78. The predicted octanol–water partition coefficient (Wildman–Crippen LogP) is 8.07. The number of phenols is 3. The average Bonchev–Trinajstić information content (AvgIpc) is 2.86. The molecule has 192 valence electrons. The first-order chi connectivity index (χ1) is 16.6. The quantitative estimate of drug-likeness (QED) is 0.162. The van der Waals surface area contributed by atoms with Crippen LogP contribution in [0.15, 0.2) is 91.0 Å². The average molecular weight is 517 g/mol. The Kier molecular flexibility index (Phi) is 27.9. The zero-order chi connectivity index (χ0) is 25.1. The van der Waals surface area contributed by atoms with E-state index in [0.717, 1.165) is 6.42 Å². The van der Waals surface area contributed by atoms with Gasteiger partial charge in [0.25, 0.3) is 0 Å². The van der Waals surface area contributed by atoms with Gasteiger partial charge in [-0.3, -0.25) is 0 Å². The summed E-state index contributed by atoms with van der Waals surface area (Å²) in [5, 5.41) is 34.5. The number of aromatic hydroxyl groups is 3. The number of rotatable bonds is 10. The first-order valence-electron chi connectivity index (χ1n) is 12.4. The molecule has 0 aliphatic heterocycles. The second-order valence-corrected chi connectivity index (χ2v) is 7.91. The molecule has 5 heteroatoms. The van der Waals surface area contributed by atoms with Gasteiger partial charge in [0.2, 0.25) is 0 Å². The molecule has 4 nitrogen and oxygen atoms in total. The summed E-state index contributed by atoms with van der Waals surface area (Å²) in [4.78, 5) is 0. The number of phenolic OH excluding ortho intramolecular Hbond substituents is 3. The minimum absolute atomic E-state index is 0. The van der Waals surface area contributed by atoms with E-state index in [2.05, 4.69) is 6.92 Å². The molecule has 3 aromatic rings. The summed E-state index contributed by atoms with van der Waals surface area (Å²) in [5.41, 5.74) is 0. The Hall–Kier alpha value is -2.27. The van der Waals surface area contributed by atoms with Crippen LogP contribution in [0.1, 0.15) is 71.1 Å². The molecule has 3 rings (SSSR count). The molecule has 0 saturated carbocycles. The normalized spacial score (nSPS) is 9.09. The summed E-state index contributed by atoms with van der Waals surface area (Å²) in [7, 11) is 0. The van der Waals surface area contributed by atoms with E-state index in [9.17, 15) is 0 Å². The Morgan fingerprint density at radius 2 is 0.686 bits per heavy atom. The third kappa shape index (κ3) is 27.9. The van der Waals surface area contributed by atoms with Gasteiger partial charge >= 0.3 is 0 Å². The molecular formula is C30H44O4Ti. The van der Waals surface area contributed by atoms with Crippen molar-refractivity contribution in [2.24, 2.45) is 0 Å². The van der Waals surface area contributed by atoms with Crippen LogP contribution in [-0.4, -0.2) is 27.0 Å². The van der Waals surface area contributed by atoms with E-state index in [4.69, 9.17) is 20.4 Å². The Labute approximate surface area is 227 Å². The van der Waals surface area contributed by atoms with E-state index in [0.29, 0.717) is 23.9 Å². The van der Waals surface area contributed by atoms with Gasteiger partial charge in [-0.1, -0.05) is 119 Å². The van der Waals surface area contributed by atoms with Crippen molar-refractivity contribution in [3.63, 3.8) is 0 Å². The molecule has 0 heterocycles. The van der Waals surface area contributed by atoms with E-state index >= 15 is 0 Å². The molecule has 35 heavy (non-hydrogen) atoms. The molecule has 3 aromatic carbocycles. The maximum Gasteiger partial charge on any atom is 0.115 e. The van der Waals surface area contributed by atoms with Crippen molar-refractivity contribution in [1.29, 1.82) is 0 Å². The van der Waals surface area contributed by atoms with Gasteiger partial charge in [-0.15, -0.1) is 0 Å². The van der Waals surface area contributed by atoms with Gasteiger partial charge in [0.15, 0.2) is 0 Å². The van der Waals surface area contributed by atoms with Crippen LogP contribution in [0.5, 0.6) is 17.2 Å². The van der Waals surface area contributed by atoms with Crippen molar-refractivity contribution in [2.45, 2.75) is 71.1 Å². The van der Waals surface area contributed by atoms with Crippen molar-refractivity contribution >= 4 is 0 Å². The number of para-hydroxylation sites is 3. The van der Waals surface area contributed by atoms with E-state index in [1.54, 1.807) is 72.8 Å². The van der Waals surface area contributed by atoms with Crippen LogP contribution < -0.4 is 0 Å². The zero-order valence-corrected chi connectivity index (χ0v) is 22.8. The van der Waals surface area contributed by atoms with E-state index in [1.165, 1.54) is 57.8 Å². The fourth-order valence-corrected chi connectivity index (χ4v) is 2.88. The molecule has 0 saturated heterocycles. The van der Waals surface area contributed by atoms with Crippen molar-refractivity contribution in [2.75, 3.05) is 6.61 Å². The van der Waals surface area contributed by atoms with Crippen LogP contribution in [0.4, 0.5) is 0 Å². The summed E-state index contributed by atoms with van der Waals surface area (Å²) in [6, 6.07) is 26.1. The minimum atomic E-state index is 0. The summed E-state index contributed by atoms with van der Waals surface area (Å²) < 4.78 is 0. The van der Waals surface area contributed by atoms with E-state index in [-0.39, 0.29) is 21.7 Å². The van der Waals surface area contributed by atoms with Gasteiger partial charge in [-0.2, -0.15) is 0 Å². The van der Waals surface area contributed by atoms with Crippen LogP contribution in [-0.2, 0) is 21.7 Å². The molecule has 0 bridgehead atoms. The van der Waals surface area contributed by atoms with Crippen molar-refractivity contribution in [3.05, 3.63) is 91.0 Å². The van der Waals surface area contributed by atoms with Crippen LogP contribution in [0.2, 0.25) is 0 Å². The molecule has 0 atom stereocenters. The predicted molar refractivity (Wildman–Crippen MR) is 143 cm³/mol. The Balaban J connectivity index is 0. The van der Waals surface area contributed by atoms with Crippen LogP contribution >= 0.6 is 0 Å². The smallest absolute Gasteiger partial charge is 0.115 e. The summed E-state index contributed by atoms with van der Waals surface area (Å²) in [6.07, 6.45) is 13.3. The molecule has 0 unspecified atom stereocenters. The molecule has 4 N–H and O–H groups in total. The van der Waals surface area contributed by atoms with Crippen LogP contribution in [0.3, 0.4) is 0 Å². The Bertz CT molecular complexity index is 656. The number of aliphatic hydroxyl groups excluding tert-OH is 1. The summed E-state index contributed by atoms with van der Waals surface area (Å²) >= 11 is 0. The molecule has 0 aliphatic carbocycles. The summed E-state index contributed by atoms with van der Waals surface area (Å²) in [6.45, 7) is 2.63. The summed E-state index contributed by atoms with van der Waals surface area (Å²) in [5.74, 6) is 0.965. The third-order valence-electron chi connectivity index (χ3n) is 4.78. The Morgan fingerprint density at radius 1 is 0.429 bits per heavy atom. The maximum atomic E-state index is 8.63. The molecular weight excluding hydrogens is 472 g/mol. The Morgan fingerprint density at radius 3 is 0.886 bits per heavy atom. The first-order valence-corrected chi connectivity index (χ1v) is 12.4. The molecule has 0 aliphatic rings. The molecule has 0 aromatic heterocycles. The second-order valence-electron chi connectivity index (χ2n) is 7.91.